The van der Waals surface area contributed by atoms with Crippen molar-refractivity contribution in [1.82, 2.24) is 9.78 Å². The third kappa shape index (κ3) is 3.86. The monoisotopic (exact) mass is 374 g/mol. The van der Waals surface area contributed by atoms with Gasteiger partial charge in [0.15, 0.2) is 5.69 Å². The van der Waals surface area contributed by atoms with Gasteiger partial charge in [-0.3, -0.25) is 0 Å². The lowest BCUT2D eigenvalue weighted by Gasteiger charge is -2.10. The van der Waals surface area contributed by atoms with E-state index in [-0.39, 0.29) is 5.69 Å². The average molecular weight is 375 g/mol. The highest BCUT2D eigenvalue weighted by Crippen LogP contribution is 2.26. The van der Waals surface area contributed by atoms with Crippen molar-refractivity contribution in [3.05, 3.63) is 81.1 Å². The fourth-order valence-corrected chi connectivity index (χ4v) is 3.02. The first-order chi connectivity index (χ1) is 12.0. The molecule has 0 aliphatic carbocycles. The van der Waals surface area contributed by atoms with E-state index in [1.165, 1.54) is 12.7 Å². The van der Waals surface area contributed by atoms with Crippen molar-refractivity contribution in [2.24, 2.45) is 0 Å². The first kappa shape index (κ1) is 17.5. The number of rotatable bonds is 4. The van der Waals surface area contributed by atoms with E-state index < -0.39 is 5.97 Å². The largest absolute Gasteiger partial charge is 0.464 e. The number of carbonyl (C=O) groups is 1. The molecule has 3 aromatic rings. The Labute approximate surface area is 155 Å². The molecule has 0 radical (unpaired) electrons. The van der Waals surface area contributed by atoms with Crippen molar-refractivity contribution in [1.29, 1.82) is 0 Å². The highest BCUT2D eigenvalue weighted by atomic mass is 35.5. The van der Waals surface area contributed by atoms with Gasteiger partial charge in [-0.25, -0.2) is 9.48 Å². The normalized spacial score (nSPS) is 10.7. The molecule has 1 aromatic heterocycles. The second-order valence-electron chi connectivity index (χ2n) is 5.68. The van der Waals surface area contributed by atoms with Gasteiger partial charge >= 0.3 is 5.97 Å². The minimum absolute atomic E-state index is 0.232. The number of esters is 1. The summed E-state index contributed by atoms with van der Waals surface area (Å²) < 4.78 is 6.44. The van der Waals surface area contributed by atoms with Gasteiger partial charge in [0, 0.05) is 17.1 Å². The number of ether oxygens (including phenoxy) is 1. The topological polar surface area (TPSA) is 44.1 Å². The predicted octanol–water partition coefficient (Wildman–Crippen LogP) is 4.86. The van der Waals surface area contributed by atoms with Crippen molar-refractivity contribution in [3.8, 4) is 5.69 Å². The zero-order valence-electron chi connectivity index (χ0n) is 13.8. The lowest BCUT2D eigenvalue weighted by Crippen LogP contribution is -2.06. The molecule has 1 heterocycles. The molecule has 25 heavy (non-hydrogen) atoms. The number of nitrogens with zero attached hydrogens (tertiary/aromatic N) is 2. The number of carbonyl (C=O) groups excluding carboxylic acids is 1. The van der Waals surface area contributed by atoms with Crippen LogP contribution >= 0.6 is 23.2 Å². The Hall–Kier alpha value is -2.30. The third-order valence-corrected chi connectivity index (χ3v) is 4.36. The number of aromatic nitrogens is 2. The minimum atomic E-state index is -0.492. The summed E-state index contributed by atoms with van der Waals surface area (Å²) in [4.78, 5) is 11.9. The van der Waals surface area contributed by atoms with Crippen LogP contribution in [0.4, 0.5) is 0 Å². The Kier molecular flexibility index (Phi) is 5.11. The smallest absolute Gasteiger partial charge is 0.358 e. The molecular weight excluding hydrogens is 359 g/mol. The molecule has 0 saturated heterocycles. The molecule has 2 aromatic carbocycles. The van der Waals surface area contributed by atoms with Crippen molar-refractivity contribution in [2.75, 3.05) is 7.11 Å². The minimum Gasteiger partial charge on any atom is -0.464 e. The number of hydrogen-bond donors (Lipinski definition) is 0. The molecule has 0 N–H and O–H groups in total. The van der Waals surface area contributed by atoms with Crippen molar-refractivity contribution in [3.63, 3.8) is 0 Å². The Morgan fingerprint density at radius 2 is 1.84 bits per heavy atom. The lowest BCUT2D eigenvalue weighted by atomic mass is 10.1. The van der Waals surface area contributed by atoms with Gasteiger partial charge in [-0.2, -0.15) is 5.10 Å². The Bertz CT molecular complexity index is 918. The van der Waals surface area contributed by atoms with Gasteiger partial charge in [0.25, 0.3) is 0 Å². The van der Waals surface area contributed by atoms with E-state index in [0.29, 0.717) is 22.2 Å². The molecule has 128 valence electrons. The quantitative estimate of drug-likeness (QED) is 0.612. The van der Waals surface area contributed by atoms with Gasteiger partial charge in [0.2, 0.25) is 0 Å². The maximum atomic E-state index is 11.9. The third-order valence-electron chi connectivity index (χ3n) is 3.82. The van der Waals surface area contributed by atoms with E-state index in [1.54, 1.807) is 28.9 Å². The maximum absolute atomic E-state index is 11.9. The summed E-state index contributed by atoms with van der Waals surface area (Å²) in [5, 5.41) is 5.36. The van der Waals surface area contributed by atoms with Gasteiger partial charge < -0.3 is 4.74 Å². The van der Waals surface area contributed by atoms with Gasteiger partial charge in [-0.1, -0.05) is 53.0 Å². The highest BCUT2D eigenvalue weighted by molar-refractivity contribution is 6.35. The number of halogens is 2. The standard InChI is InChI=1S/C19H16Cl2N2O2/c1-12-3-5-13(6-4-12)9-15-11-17(19(24)25-2)22-23(15)18-8-7-14(20)10-16(18)21/h3-8,10-11H,9H2,1-2H3. The van der Waals surface area contributed by atoms with E-state index in [0.717, 1.165) is 11.3 Å². The van der Waals surface area contributed by atoms with Crippen LogP contribution in [-0.4, -0.2) is 22.9 Å². The fourth-order valence-electron chi connectivity index (χ4n) is 2.53. The van der Waals surface area contributed by atoms with Crippen LogP contribution in [0.2, 0.25) is 10.0 Å². The van der Waals surface area contributed by atoms with Crippen LogP contribution in [0.25, 0.3) is 5.69 Å². The SMILES string of the molecule is COC(=O)c1cc(Cc2ccc(C)cc2)n(-c2ccc(Cl)cc2Cl)n1. The Morgan fingerprint density at radius 3 is 2.48 bits per heavy atom. The van der Waals surface area contributed by atoms with Crippen molar-refractivity contribution in [2.45, 2.75) is 13.3 Å². The second kappa shape index (κ2) is 7.30. The molecule has 0 atom stereocenters. The van der Waals surface area contributed by atoms with Crippen LogP contribution in [0, 0.1) is 6.92 Å². The van der Waals surface area contributed by atoms with E-state index >= 15 is 0 Å². The van der Waals surface area contributed by atoms with Crippen LogP contribution in [0.1, 0.15) is 27.3 Å². The van der Waals surface area contributed by atoms with Gasteiger partial charge in [-0.15, -0.1) is 0 Å². The highest BCUT2D eigenvalue weighted by Gasteiger charge is 2.17. The van der Waals surface area contributed by atoms with E-state index in [4.69, 9.17) is 27.9 Å². The number of hydrogen-bond acceptors (Lipinski definition) is 3. The average Bonchev–Trinajstić information content (AvgIpc) is 3.00. The molecule has 0 fully saturated rings. The molecule has 0 aliphatic rings. The van der Waals surface area contributed by atoms with Crippen LogP contribution in [0.3, 0.4) is 0 Å². The van der Waals surface area contributed by atoms with E-state index in [9.17, 15) is 4.79 Å². The summed E-state index contributed by atoms with van der Waals surface area (Å²) >= 11 is 12.3. The molecule has 4 nitrogen and oxygen atoms in total. The van der Waals surface area contributed by atoms with Crippen LogP contribution in [0.15, 0.2) is 48.5 Å². The van der Waals surface area contributed by atoms with Crippen molar-refractivity contribution < 1.29 is 9.53 Å². The molecule has 0 aliphatic heterocycles. The number of benzene rings is 2. The van der Waals surface area contributed by atoms with E-state index in [2.05, 4.69) is 5.10 Å². The first-order valence-corrected chi connectivity index (χ1v) is 8.42. The molecule has 3 rings (SSSR count). The van der Waals surface area contributed by atoms with Crippen molar-refractivity contribution >= 4 is 29.2 Å². The summed E-state index contributed by atoms with van der Waals surface area (Å²) in [5.41, 5.74) is 4.01. The summed E-state index contributed by atoms with van der Waals surface area (Å²) in [6, 6.07) is 15.1. The second-order valence-corrected chi connectivity index (χ2v) is 6.53. The molecule has 0 bridgehead atoms. The molecule has 0 unspecified atom stereocenters. The summed E-state index contributed by atoms with van der Waals surface area (Å²) in [5.74, 6) is -0.492. The molecular formula is C19H16Cl2N2O2. The van der Waals surface area contributed by atoms with Gasteiger partial charge in [0.1, 0.15) is 0 Å². The lowest BCUT2D eigenvalue weighted by molar-refractivity contribution is 0.0593. The zero-order chi connectivity index (χ0) is 18.0. The summed E-state index contributed by atoms with van der Waals surface area (Å²) in [6.45, 7) is 2.04. The first-order valence-electron chi connectivity index (χ1n) is 7.66. The molecule has 0 amide bonds. The predicted molar refractivity (Wildman–Crippen MR) is 98.9 cm³/mol. The zero-order valence-corrected chi connectivity index (χ0v) is 15.3. The number of aryl methyl sites for hydroxylation is 1. The maximum Gasteiger partial charge on any atom is 0.358 e. The molecule has 6 heteroatoms. The van der Waals surface area contributed by atoms with Gasteiger partial charge in [0.05, 0.1) is 17.8 Å². The van der Waals surface area contributed by atoms with E-state index in [1.807, 2.05) is 31.2 Å². The van der Waals surface area contributed by atoms with Gasteiger partial charge in [-0.05, 0) is 36.8 Å². The van der Waals surface area contributed by atoms with Crippen LogP contribution in [0.5, 0.6) is 0 Å². The fraction of sp³-hybridized carbons (Fsp3) is 0.158. The Balaban J connectivity index is 2.07. The summed E-state index contributed by atoms with van der Waals surface area (Å²) in [6.07, 6.45) is 0.600. The summed E-state index contributed by atoms with van der Waals surface area (Å²) in [7, 11) is 1.33. The molecule has 0 spiro atoms. The van der Waals surface area contributed by atoms with Crippen LogP contribution < -0.4 is 0 Å². The Morgan fingerprint density at radius 1 is 1.12 bits per heavy atom. The number of methoxy groups -OCH3 is 1. The molecule has 0 saturated carbocycles. The van der Waals surface area contributed by atoms with Crippen LogP contribution in [-0.2, 0) is 11.2 Å².